The molecule has 6 heteroatoms. The monoisotopic (exact) mass is 297 g/mol. The molecule has 111 valence electrons. The minimum atomic E-state index is -0.311. The molecule has 3 aromatic rings. The van der Waals surface area contributed by atoms with Crippen LogP contribution in [0.3, 0.4) is 0 Å². The number of hydrogen-bond acceptors (Lipinski definition) is 3. The summed E-state index contributed by atoms with van der Waals surface area (Å²) < 4.78 is 14.7. The van der Waals surface area contributed by atoms with Gasteiger partial charge in [-0.2, -0.15) is 5.10 Å². The first-order valence-electron chi connectivity index (χ1n) is 6.84. The molecule has 0 aliphatic rings. The second-order valence-corrected chi connectivity index (χ2v) is 4.77. The first-order chi connectivity index (χ1) is 10.7. The largest absolute Gasteiger partial charge is 0.352 e. The van der Waals surface area contributed by atoms with E-state index in [2.05, 4.69) is 15.4 Å². The molecular formula is C16H14FN4O. The van der Waals surface area contributed by atoms with Gasteiger partial charge in [0, 0.05) is 18.1 Å². The summed E-state index contributed by atoms with van der Waals surface area (Å²) in [5.74, 6) is -0.510. The van der Waals surface area contributed by atoms with Gasteiger partial charge in [0.25, 0.3) is 5.91 Å². The van der Waals surface area contributed by atoms with E-state index in [1.54, 1.807) is 29.2 Å². The molecule has 3 rings (SSSR count). The fraction of sp³-hybridized carbons (Fsp3) is 0.125. The van der Waals surface area contributed by atoms with Gasteiger partial charge in [0.1, 0.15) is 5.82 Å². The number of nitrogens with zero attached hydrogens (tertiary/aromatic N) is 3. The highest BCUT2D eigenvalue weighted by Gasteiger charge is 2.14. The van der Waals surface area contributed by atoms with E-state index in [9.17, 15) is 9.18 Å². The highest BCUT2D eigenvalue weighted by atomic mass is 19.1. The number of nitrogens with one attached hydrogen (secondary N) is 1. The summed E-state index contributed by atoms with van der Waals surface area (Å²) in [6.45, 7) is 2.35. The molecule has 1 radical (unpaired) electrons. The number of fused-ring (bicyclic) bond motifs is 1. The van der Waals surface area contributed by atoms with Crippen LogP contribution in [-0.4, -0.2) is 27.2 Å². The molecule has 0 unspecified atom stereocenters. The van der Waals surface area contributed by atoms with E-state index in [-0.39, 0.29) is 11.7 Å². The Hall–Kier alpha value is -2.76. The normalized spacial score (nSPS) is 10.8. The third-order valence-electron chi connectivity index (χ3n) is 3.28. The number of hydrogen-bond donors (Lipinski definition) is 1. The average molecular weight is 297 g/mol. The minimum Gasteiger partial charge on any atom is -0.352 e. The summed E-state index contributed by atoms with van der Waals surface area (Å²) in [6, 6.07) is 5.98. The zero-order valence-electron chi connectivity index (χ0n) is 12.0. The van der Waals surface area contributed by atoms with E-state index >= 15 is 0 Å². The summed E-state index contributed by atoms with van der Waals surface area (Å²) in [5.41, 5.74) is 1.87. The Labute approximate surface area is 126 Å². The Balaban J connectivity index is 2.05. The zero-order valence-corrected chi connectivity index (χ0v) is 12.0. The van der Waals surface area contributed by atoms with Gasteiger partial charge in [-0.1, -0.05) is 6.92 Å². The lowest BCUT2D eigenvalue weighted by molar-refractivity contribution is 0.0958. The van der Waals surface area contributed by atoms with E-state index in [1.807, 2.05) is 13.3 Å². The van der Waals surface area contributed by atoms with E-state index in [0.29, 0.717) is 28.7 Å². The van der Waals surface area contributed by atoms with Crippen LogP contribution in [0.5, 0.6) is 0 Å². The maximum atomic E-state index is 13.0. The standard InChI is InChI=1S/C16H14FN4O/c1-2-7-19-16(22)14-8-18-10-15-13(14)9-20-21(15)12-5-3-11(17)4-6-12/h2-6,8-10H,7H2,1H3,(H,19,22). The van der Waals surface area contributed by atoms with Crippen LogP contribution in [0.25, 0.3) is 16.6 Å². The first-order valence-corrected chi connectivity index (χ1v) is 6.84. The Morgan fingerprint density at radius 3 is 2.77 bits per heavy atom. The van der Waals surface area contributed by atoms with Crippen molar-refractivity contribution in [1.82, 2.24) is 20.1 Å². The fourth-order valence-electron chi connectivity index (χ4n) is 2.20. The van der Waals surface area contributed by atoms with Crippen LogP contribution in [0.1, 0.15) is 17.3 Å². The van der Waals surface area contributed by atoms with Crippen molar-refractivity contribution in [3.63, 3.8) is 0 Å². The summed E-state index contributed by atoms with van der Waals surface area (Å²) in [5, 5.41) is 7.76. The fourth-order valence-corrected chi connectivity index (χ4v) is 2.20. The smallest absolute Gasteiger partial charge is 0.253 e. The van der Waals surface area contributed by atoms with Crippen LogP contribution in [0.2, 0.25) is 0 Å². The van der Waals surface area contributed by atoms with Crippen LogP contribution in [0.15, 0.2) is 42.9 Å². The van der Waals surface area contributed by atoms with E-state index in [0.717, 1.165) is 0 Å². The molecule has 0 saturated carbocycles. The molecule has 2 heterocycles. The molecule has 0 spiro atoms. The molecule has 1 aromatic carbocycles. The van der Waals surface area contributed by atoms with Crippen molar-refractivity contribution in [3.05, 3.63) is 60.7 Å². The van der Waals surface area contributed by atoms with Crippen molar-refractivity contribution >= 4 is 16.8 Å². The van der Waals surface area contributed by atoms with Crippen LogP contribution >= 0.6 is 0 Å². The number of carbonyl (C=O) groups excluding carboxylic acids is 1. The van der Waals surface area contributed by atoms with E-state index < -0.39 is 0 Å². The SMILES string of the molecule is C[CH]CNC(=O)c1cncc2c1cnn2-c1ccc(F)cc1. The average Bonchev–Trinajstić information content (AvgIpc) is 2.97. The van der Waals surface area contributed by atoms with Crippen molar-refractivity contribution in [1.29, 1.82) is 0 Å². The first kappa shape index (κ1) is 14.2. The van der Waals surface area contributed by atoms with Gasteiger partial charge in [0.15, 0.2) is 0 Å². The van der Waals surface area contributed by atoms with Crippen molar-refractivity contribution in [2.45, 2.75) is 6.92 Å². The molecule has 1 amide bonds. The summed E-state index contributed by atoms with van der Waals surface area (Å²) >= 11 is 0. The zero-order chi connectivity index (χ0) is 15.5. The van der Waals surface area contributed by atoms with Gasteiger partial charge in [-0.3, -0.25) is 9.78 Å². The molecule has 0 atom stereocenters. The predicted molar refractivity (Wildman–Crippen MR) is 81.1 cm³/mol. The van der Waals surface area contributed by atoms with Crippen molar-refractivity contribution in [2.75, 3.05) is 6.54 Å². The minimum absolute atomic E-state index is 0.199. The third-order valence-corrected chi connectivity index (χ3v) is 3.28. The molecule has 2 aromatic heterocycles. The van der Waals surface area contributed by atoms with Crippen LogP contribution in [0.4, 0.5) is 4.39 Å². The summed E-state index contributed by atoms with van der Waals surface area (Å²) in [6.07, 6.45) is 6.62. The number of carbonyl (C=O) groups is 1. The van der Waals surface area contributed by atoms with E-state index in [1.165, 1.54) is 18.3 Å². The maximum Gasteiger partial charge on any atom is 0.253 e. The Morgan fingerprint density at radius 1 is 1.27 bits per heavy atom. The topological polar surface area (TPSA) is 59.8 Å². The Kier molecular flexibility index (Phi) is 3.82. The van der Waals surface area contributed by atoms with Gasteiger partial charge in [0.05, 0.1) is 29.2 Å². The molecule has 1 N–H and O–H groups in total. The lowest BCUT2D eigenvalue weighted by Gasteiger charge is -2.06. The van der Waals surface area contributed by atoms with Crippen molar-refractivity contribution in [2.24, 2.45) is 0 Å². The third kappa shape index (κ3) is 2.55. The van der Waals surface area contributed by atoms with Gasteiger partial charge in [0.2, 0.25) is 0 Å². The molecule has 0 saturated heterocycles. The quantitative estimate of drug-likeness (QED) is 0.805. The van der Waals surface area contributed by atoms with Gasteiger partial charge >= 0.3 is 0 Å². The molecule has 0 aliphatic heterocycles. The number of aromatic nitrogens is 3. The maximum absolute atomic E-state index is 13.0. The lowest BCUT2D eigenvalue weighted by Crippen LogP contribution is -2.24. The van der Waals surface area contributed by atoms with Gasteiger partial charge in [-0.05, 0) is 30.7 Å². The predicted octanol–water partition coefficient (Wildman–Crippen LogP) is 2.51. The number of benzene rings is 1. The lowest BCUT2D eigenvalue weighted by atomic mass is 10.2. The van der Waals surface area contributed by atoms with Crippen LogP contribution < -0.4 is 5.32 Å². The van der Waals surface area contributed by atoms with Crippen molar-refractivity contribution < 1.29 is 9.18 Å². The molecule has 0 bridgehead atoms. The summed E-state index contributed by atoms with van der Waals surface area (Å²) in [4.78, 5) is 16.3. The highest BCUT2D eigenvalue weighted by Crippen LogP contribution is 2.20. The van der Waals surface area contributed by atoms with E-state index in [4.69, 9.17) is 0 Å². The number of rotatable bonds is 4. The number of pyridine rings is 1. The molecule has 5 nitrogen and oxygen atoms in total. The van der Waals surface area contributed by atoms with Crippen LogP contribution in [-0.2, 0) is 0 Å². The van der Waals surface area contributed by atoms with Gasteiger partial charge in [-0.15, -0.1) is 0 Å². The van der Waals surface area contributed by atoms with Crippen LogP contribution in [0, 0.1) is 12.2 Å². The second-order valence-electron chi connectivity index (χ2n) is 4.77. The molecular weight excluding hydrogens is 283 g/mol. The summed E-state index contributed by atoms with van der Waals surface area (Å²) in [7, 11) is 0. The van der Waals surface area contributed by atoms with Gasteiger partial charge < -0.3 is 5.32 Å². The molecule has 0 fully saturated rings. The number of amides is 1. The highest BCUT2D eigenvalue weighted by molar-refractivity contribution is 6.05. The Bertz CT molecular complexity index is 811. The van der Waals surface area contributed by atoms with Crippen molar-refractivity contribution in [3.8, 4) is 5.69 Å². The Morgan fingerprint density at radius 2 is 2.05 bits per heavy atom. The molecule has 0 aliphatic carbocycles. The van der Waals surface area contributed by atoms with Gasteiger partial charge in [-0.25, -0.2) is 9.07 Å². The number of halogens is 1. The second kappa shape index (κ2) is 5.93. The molecule has 22 heavy (non-hydrogen) atoms.